The SMILES string of the molecule is Cc1cc(Cl)c(Cl)cc1OC(=O)N(C)SSc1ccc(C(C)(C)C)cc1. The molecule has 0 radical (unpaired) electrons. The lowest BCUT2D eigenvalue weighted by Gasteiger charge is -2.19. The van der Waals surface area contributed by atoms with Crippen LogP contribution in [0.3, 0.4) is 0 Å². The maximum absolute atomic E-state index is 12.3. The number of hydrogen-bond donors (Lipinski definition) is 0. The molecule has 140 valence electrons. The van der Waals surface area contributed by atoms with Gasteiger partial charge in [-0.2, -0.15) is 0 Å². The summed E-state index contributed by atoms with van der Waals surface area (Å²) in [6, 6.07) is 11.6. The lowest BCUT2D eigenvalue weighted by Crippen LogP contribution is -2.23. The van der Waals surface area contributed by atoms with Gasteiger partial charge in [0.25, 0.3) is 0 Å². The predicted octanol–water partition coefficient (Wildman–Crippen LogP) is 7.39. The smallest absolute Gasteiger partial charge is 0.409 e. The van der Waals surface area contributed by atoms with Crippen molar-refractivity contribution in [3.8, 4) is 5.75 Å². The van der Waals surface area contributed by atoms with Crippen LogP contribution in [-0.2, 0) is 5.41 Å². The molecule has 2 aromatic rings. The molecule has 1 amide bonds. The predicted molar refractivity (Wildman–Crippen MR) is 114 cm³/mol. The van der Waals surface area contributed by atoms with E-state index in [9.17, 15) is 4.79 Å². The zero-order valence-electron chi connectivity index (χ0n) is 15.3. The number of ether oxygens (including phenoxy) is 1. The van der Waals surface area contributed by atoms with Gasteiger partial charge >= 0.3 is 6.09 Å². The summed E-state index contributed by atoms with van der Waals surface area (Å²) < 4.78 is 6.84. The maximum atomic E-state index is 12.3. The number of carbonyl (C=O) groups is 1. The number of nitrogens with zero attached hydrogens (tertiary/aromatic N) is 1. The molecule has 2 aromatic carbocycles. The van der Waals surface area contributed by atoms with Crippen molar-refractivity contribution < 1.29 is 9.53 Å². The minimum absolute atomic E-state index is 0.120. The van der Waals surface area contributed by atoms with Crippen molar-refractivity contribution in [3.63, 3.8) is 0 Å². The number of hydrogen-bond acceptors (Lipinski definition) is 4. The molecule has 2 rings (SSSR count). The van der Waals surface area contributed by atoms with Crippen molar-refractivity contribution >= 4 is 51.1 Å². The standard InChI is InChI=1S/C19H21Cl2NO2S2/c1-12-10-15(20)16(21)11-17(12)24-18(23)22(5)26-25-14-8-6-13(7-9-14)19(2,3)4/h6-11H,1-5H3. The monoisotopic (exact) mass is 429 g/mol. The fraction of sp³-hybridized carbons (Fsp3) is 0.316. The lowest BCUT2D eigenvalue weighted by atomic mass is 9.87. The molecule has 0 bridgehead atoms. The Morgan fingerprint density at radius 1 is 1.08 bits per heavy atom. The zero-order valence-corrected chi connectivity index (χ0v) is 18.4. The molecule has 0 spiro atoms. The van der Waals surface area contributed by atoms with Gasteiger partial charge in [-0.05, 0) is 52.5 Å². The molecule has 0 unspecified atom stereocenters. The van der Waals surface area contributed by atoms with E-state index in [0.717, 1.165) is 10.5 Å². The van der Waals surface area contributed by atoms with E-state index in [-0.39, 0.29) is 5.41 Å². The van der Waals surface area contributed by atoms with Gasteiger partial charge in [0.05, 0.1) is 10.0 Å². The van der Waals surface area contributed by atoms with Crippen molar-refractivity contribution in [1.82, 2.24) is 4.31 Å². The molecular weight excluding hydrogens is 409 g/mol. The normalized spacial score (nSPS) is 11.3. The highest BCUT2D eigenvalue weighted by Gasteiger charge is 2.16. The number of aryl methyl sites for hydroxylation is 1. The van der Waals surface area contributed by atoms with Crippen LogP contribution >= 0.6 is 45.0 Å². The highest BCUT2D eigenvalue weighted by Crippen LogP contribution is 2.35. The molecule has 3 nitrogen and oxygen atoms in total. The Balaban J connectivity index is 1.94. The Labute approximate surface area is 172 Å². The third-order valence-corrected chi connectivity index (χ3v) is 6.74. The Hall–Kier alpha value is -1.01. The molecule has 0 atom stereocenters. The highest BCUT2D eigenvalue weighted by atomic mass is 35.5. The summed E-state index contributed by atoms with van der Waals surface area (Å²) in [6.07, 6.45) is -0.477. The summed E-state index contributed by atoms with van der Waals surface area (Å²) in [5.74, 6) is 0.399. The van der Waals surface area contributed by atoms with Gasteiger partial charge in [0.2, 0.25) is 0 Å². The summed E-state index contributed by atoms with van der Waals surface area (Å²) in [5.41, 5.74) is 2.14. The van der Waals surface area contributed by atoms with E-state index in [1.807, 2.05) is 6.92 Å². The van der Waals surface area contributed by atoms with Gasteiger partial charge in [-0.3, -0.25) is 0 Å². The highest BCUT2D eigenvalue weighted by molar-refractivity contribution is 8.75. The third kappa shape index (κ3) is 5.74. The molecule has 0 heterocycles. The first-order chi connectivity index (χ1) is 12.1. The molecule has 7 heteroatoms. The molecule has 0 N–H and O–H groups in total. The van der Waals surface area contributed by atoms with E-state index in [1.165, 1.54) is 31.6 Å². The van der Waals surface area contributed by atoms with Crippen molar-refractivity contribution in [1.29, 1.82) is 0 Å². The van der Waals surface area contributed by atoms with Crippen molar-refractivity contribution in [2.75, 3.05) is 7.05 Å². The van der Waals surface area contributed by atoms with Crippen molar-refractivity contribution in [2.24, 2.45) is 0 Å². The molecule has 0 saturated heterocycles. The second-order valence-corrected chi connectivity index (χ2v) is 9.93. The van der Waals surface area contributed by atoms with Gasteiger partial charge in [0.15, 0.2) is 0 Å². The summed E-state index contributed by atoms with van der Waals surface area (Å²) in [6.45, 7) is 8.35. The van der Waals surface area contributed by atoms with E-state index >= 15 is 0 Å². The van der Waals surface area contributed by atoms with Crippen LogP contribution in [0.1, 0.15) is 31.9 Å². The second-order valence-electron chi connectivity index (χ2n) is 6.83. The summed E-state index contributed by atoms with van der Waals surface area (Å²) in [4.78, 5) is 13.3. The Morgan fingerprint density at radius 3 is 2.23 bits per heavy atom. The fourth-order valence-electron chi connectivity index (χ4n) is 2.04. The number of rotatable bonds is 4. The number of carbonyl (C=O) groups excluding carboxylic acids is 1. The first-order valence-electron chi connectivity index (χ1n) is 7.94. The molecule has 0 fully saturated rings. The molecule has 26 heavy (non-hydrogen) atoms. The fourth-order valence-corrected chi connectivity index (χ4v) is 4.06. The van der Waals surface area contributed by atoms with Crippen LogP contribution in [0.2, 0.25) is 10.0 Å². The quantitative estimate of drug-likeness (QED) is 0.374. The van der Waals surface area contributed by atoms with Crippen molar-refractivity contribution in [3.05, 3.63) is 57.6 Å². The Bertz CT molecular complexity index is 789. The lowest BCUT2D eigenvalue weighted by molar-refractivity contribution is 0.187. The summed E-state index contributed by atoms with van der Waals surface area (Å²) in [5, 5.41) is 0.782. The Morgan fingerprint density at radius 2 is 1.65 bits per heavy atom. The third-order valence-electron chi connectivity index (χ3n) is 3.64. The second kappa shape index (κ2) is 8.79. The summed E-state index contributed by atoms with van der Waals surface area (Å²) >= 11 is 11.9. The van der Waals surface area contributed by atoms with Crippen molar-refractivity contribution in [2.45, 2.75) is 38.0 Å². The molecule has 0 aliphatic carbocycles. The largest absolute Gasteiger partial charge is 0.425 e. The van der Waals surface area contributed by atoms with Gasteiger partial charge in [-0.25, -0.2) is 9.10 Å². The first-order valence-corrected chi connectivity index (χ1v) is 10.8. The van der Waals surface area contributed by atoms with Crippen LogP contribution in [-0.4, -0.2) is 17.4 Å². The van der Waals surface area contributed by atoms with Gasteiger partial charge in [-0.1, -0.05) is 56.1 Å². The van der Waals surface area contributed by atoms with Gasteiger partial charge < -0.3 is 4.74 Å². The molecular formula is C19H21Cl2NO2S2. The number of halogens is 2. The average molecular weight is 430 g/mol. The minimum Gasteiger partial charge on any atom is -0.409 e. The molecule has 0 aromatic heterocycles. The maximum Gasteiger partial charge on any atom is 0.425 e. The minimum atomic E-state index is -0.477. The zero-order chi connectivity index (χ0) is 19.5. The Kier molecular flexibility index (Phi) is 7.19. The topological polar surface area (TPSA) is 29.5 Å². The number of benzene rings is 2. The van der Waals surface area contributed by atoms with Crippen LogP contribution in [0.25, 0.3) is 0 Å². The van der Waals surface area contributed by atoms with Crippen LogP contribution in [0.4, 0.5) is 4.79 Å². The van der Waals surface area contributed by atoms with E-state index in [4.69, 9.17) is 27.9 Å². The van der Waals surface area contributed by atoms with E-state index in [2.05, 4.69) is 45.0 Å². The molecule has 0 aliphatic rings. The molecule has 0 aliphatic heterocycles. The van der Waals surface area contributed by atoms with Gasteiger partial charge in [-0.15, -0.1) is 0 Å². The van der Waals surface area contributed by atoms with Gasteiger partial charge in [0.1, 0.15) is 5.75 Å². The average Bonchev–Trinajstić information content (AvgIpc) is 2.57. The van der Waals surface area contributed by atoms with Crippen LogP contribution in [0.15, 0.2) is 41.3 Å². The van der Waals surface area contributed by atoms with Gasteiger partial charge in [0, 0.05) is 29.0 Å². The molecule has 0 saturated carbocycles. The van der Waals surface area contributed by atoms with Crippen LogP contribution < -0.4 is 4.74 Å². The van der Waals surface area contributed by atoms with E-state index in [1.54, 1.807) is 19.2 Å². The van der Waals surface area contributed by atoms with E-state index < -0.39 is 6.09 Å². The van der Waals surface area contributed by atoms with Crippen LogP contribution in [0, 0.1) is 6.92 Å². The summed E-state index contributed by atoms with van der Waals surface area (Å²) in [7, 11) is 4.45. The number of amides is 1. The first kappa shape index (κ1) is 21.3. The van der Waals surface area contributed by atoms with Crippen LogP contribution in [0.5, 0.6) is 5.75 Å². The van der Waals surface area contributed by atoms with E-state index in [0.29, 0.717) is 15.8 Å².